The summed E-state index contributed by atoms with van der Waals surface area (Å²) in [4.78, 5) is 7.96. The van der Waals surface area contributed by atoms with Crippen LogP contribution in [0.1, 0.15) is 83.5 Å². The van der Waals surface area contributed by atoms with E-state index in [1.807, 2.05) is 0 Å². The molecule has 0 N–H and O–H groups in total. The molecule has 134 valence electrons. The van der Waals surface area contributed by atoms with Crippen LogP contribution in [0.3, 0.4) is 0 Å². The molecule has 0 bridgehead atoms. The maximum atomic E-state index is 13.2. The molecule has 2 atom stereocenters. The van der Waals surface area contributed by atoms with Crippen molar-refractivity contribution in [2.45, 2.75) is 72.1 Å². The van der Waals surface area contributed by atoms with Crippen molar-refractivity contribution in [3.8, 4) is 0 Å². The van der Waals surface area contributed by atoms with E-state index in [1.54, 1.807) is 4.52 Å². The third kappa shape index (κ3) is 4.48. The van der Waals surface area contributed by atoms with Gasteiger partial charge in [0.25, 0.3) is 12.2 Å². The molecular formula is C18H28F2N4. The van der Waals surface area contributed by atoms with Gasteiger partial charge >= 0.3 is 0 Å². The van der Waals surface area contributed by atoms with Gasteiger partial charge in [0.15, 0.2) is 0 Å². The molecule has 24 heavy (non-hydrogen) atoms. The zero-order chi connectivity index (χ0) is 17.7. The van der Waals surface area contributed by atoms with Gasteiger partial charge < -0.3 is 0 Å². The lowest BCUT2D eigenvalue weighted by Gasteiger charge is -2.25. The molecule has 2 aromatic rings. The number of alkyl halides is 2. The number of hydrogen-bond acceptors (Lipinski definition) is 3. The van der Waals surface area contributed by atoms with E-state index in [9.17, 15) is 8.78 Å². The van der Waals surface area contributed by atoms with Crippen molar-refractivity contribution in [2.24, 2.45) is 11.8 Å². The maximum Gasteiger partial charge on any atom is 0.280 e. The van der Waals surface area contributed by atoms with Gasteiger partial charge in [-0.1, -0.05) is 53.4 Å². The molecule has 0 spiro atoms. The van der Waals surface area contributed by atoms with Crippen LogP contribution in [0.15, 0.2) is 12.4 Å². The first-order valence-electron chi connectivity index (χ1n) is 8.92. The fourth-order valence-corrected chi connectivity index (χ4v) is 3.36. The fourth-order valence-electron chi connectivity index (χ4n) is 3.36. The smallest absolute Gasteiger partial charge is 0.210 e. The summed E-state index contributed by atoms with van der Waals surface area (Å²) in [5.41, 5.74) is 0.612. The first-order valence-corrected chi connectivity index (χ1v) is 8.92. The van der Waals surface area contributed by atoms with Gasteiger partial charge in [-0.3, -0.25) is 0 Å². The largest absolute Gasteiger partial charge is 0.280 e. The second-order valence-electron chi connectivity index (χ2n) is 7.08. The Morgan fingerprint density at radius 2 is 1.88 bits per heavy atom. The van der Waals surface area contributed by atoms with Crippen molar-refractivity contribution in [3.63, 3.8) is 0 Å². The SMILES string of the molecule is CCCC(C)C(CCCC(C)C)c1cc(C(F)F)nc2ncnn12. The van der Waals surface area contributed by atoms with Crippen molar-refractivity contribution < 1.29 is 8.78 Å². The van der Waals surface area contributed by atoms with Crippen molar-refractivity contribution in [1.29, 1.82) is 0 Å². The van der Waals surface area contributed by atoms with E-state index in [2.05, 4.69) is 42.8 Å². The van der Waals surface area contributed by atoms with E-state index < -0.39 is 6.43 Å². The second kappa shape index (κ2) is 8.49. The summed E-state index contributed by atoms with van der Waals surface area (Å²) in [6.07, 6.45) is 4.13. The van der Waals surface area contributed by atoms with Gasteiger partial charge in [-0.15, -0.1) is 0 Å². The van der Waals surface area contributed by atoms with Crippen LogP contribution in [-0.4, -0.2) is 19.6 Å². The highest BCUT2D eigenvalue weighted by Crippen LogP contribution is 2.34. The lowest BCUT2D eigenvalue weighted by Crippen LogP contribution is -2.16. The minimum absolute atomic E-state index is 0.188. The monoisotopic (exact) mass is 338 g/mol. The number of rotatable bonds is 9. The first kappa shape index (κ1) is 18.7. The summed E-state index contributed by atoms with van der Waals surface area (Å²) in [6, 6.07) is 1.53. The van der Waals surface area contributed by atoms with Crippen molar-refractivity contribution in [3.05, 3.63) is 23.8 Å². The molecule has 0 aliphatic rings. The minimum atomic E-state index is -2.59. The van der Waals surface area contributed by atoms with Gasteiger partial charge in [0.05, 0.1) is 5.69 Å². The number of nitrogens with zero attached hydrogens (tertiary/aromatic N) is 4. The molecule has 2 aromatic heterocycles. The van der Waals surface area contributed by atoms with Crippen LogP contribution >= 0.6 is 0 Å². The van der Waals surface area contributed by atoms with Crippen LogP contribution < -0.4 is 0 Å². The highest BCUT2D eigenvalue weighted by Gasteiger charge is 2.24. The molecule has 0 aromatic carbocycles. The molecule has 0 aliphatic heterocycles. The average Bonchev–Trinajstić information content (AvgIpc) is 2.99. The Labute approximate surface area is 142 Å². The molecule has 0 saturated carbocycles. The summed E-state index contributed by atoms with van der Waals surface area (Å²) in [7, 11) is 0. The predicted molar refractivity (Wildman–Crippen MR) is 91.2 cm³/mol. The van der Waals surface area contributed by atoms with Gasteiger partial charge in [-0.2, -0.15) is 10.1 Å². The summed E-state index contributed by atoms with van der Waals surface area (Å²) in [5, 5.41) is 4.22. The highest BCUT2D eigenvalue weighted by atomic mass is 19.3. The van der Waals surface area contributed by atoms with E-state index in [1.165, 1.54) is 12.4 Å². The quantitative estimate of drug-likeness (QED) is 0.614. The third-order valence-corrected chi connectivity index (χ3v) is 4.63. The molecule has 2 unspecified atom stereocenters. The van der Waals surface area contributed by atoms with Crippen LogP contribution in [0.4, 0.5) is 8.78 Å². The van der Waals surface area contributed by atoms with Gasteiger partial charge in [-0.05, 0) is 24.3 Å². The summed E-state index contributed by atoms with van der Waals surface area (Å²) in [5.74, 6) is 1.50. The van der Waals surface area contributed by atoms with Crippen molar-refractivity contribution in [2.75, 3.05) is 0 Å². The molecule has 2 rings (SSSR count). The summed E-state index contributed by atoms with van der Waals surface area (Å²) in [6.45, 7) is 8.78. The molecule has 2 heterocycles. The van der Waals surface area contributed by atoms with Gasteiger partial charge in [0.1, 0.15) is 12.0 Å². The van der Waals surface area contributed by atoms with Gasteiger partial charge in [0, 0.05) is 5.92 Å². The molecule has 0 amide bonds. The van der Waals surface area contributed by atoms with E-state index >= 15 is 0 Å². The van der Waals surface area contributed by atoms with E-state index in [-0.39, 0.29) is 17.4 Å². The van der Waals surface area contributed by atoms with E-state index in [4.69, 9.17) is 0 Å². The van der Waals surface area contributed by atoms with Gasteiger partial charge in [0.2, 0.25) is 0 Å². The normalized spacial score (nSPS) is 14.7. The molecule has 0 saturated heterocycles. The van der Waals surface area contributed by atoms with Crippen molar-refractivity contribution in [1.82, 2.24) is 19.6 Å². The third-order valence-electron chi connectivity index (χ3n) is 4.63. The summed E-state index contributed by atoms with van der Waals surface area (Å²) < 4.78 is 28.1. The Kier molecular flexibility index (Phi) is 6.63. The standard InChI is InChI=1S/C18H28F2N4/c1-5-7-13(4)14(9-6-8-12(2)3)16-10-15(17(19)20)23-18-21-11-22-24(16)18/h10-14,17H,5-9H2,1-4H3. The number of halogens is 2. The Bertz CT molecular complexity index is 639. The molecule has 4 nitrogen and oxygen atoms in total. The number of aromatic nitrogens is 4. The van der Waals surface area contributed by atoms with Crippen LogP contribution in [0.5, 0.6) is 0 Å². The fraction of sp³-hybridized carbons (Fsp3) is 0.722. The molecule has 0 radical (unpaired) electrons. The minimum Gasteiger partial charge on any atom is -0.210 e. The lowest BCUT2D eigenvalue weighted by molar-refractivity contribution is 0.146. The molecular weight excluding hydrogens is 310 g/mol. The predicted octanol–water partition coefficient (Wildman–Crippen LogP) is 5.41. The second-order valence-corrected chi connectivity index (χ2v) is 7.08. The Morgan fingerprint density at radius 1 is 1.12 bits per heavy atom. The summed E-state index contributed by atoms with van der Waals surface area (Å²) >= 11 is 0. The molecule has 0 fully saturated rings. The lowest BCUT2D eigenvalue weighted by atomic mass is 9.83. The van der Waals surface area contributed by atoms with Gasteiger partial charge in [-0.25, -0.2) is 18.3 Å². The first-order chi connectivity index (χ1) is 11.4. The maximum absolute atomic E-state index is 13.2. The Hall–Kier alpha value is -1.59. The molecule has 6 heteroatoms. The zero-order valence-corrected chi connectivity index (χ0v) is 15.0. The van der Waals surface area contributed by atoms with Crippen LogP contribution in [-0.2, 0) is 0 Å². The average molecular weight is 338 g/mol. The van der Waals surface area contributed by atoms with Crippen LogP contribution in [0.25, 0.3) is 5.78 Å². The molecule has 0 aliphatic carbocycles. The van der Waals surface area contributed by atoms with E-state index in [0.717, 1.165) is 37.8 Å². The Balaban J connectivity index is 2.39. The topological polar surface area (TPSA) is 43.1 Å². The highest BCUT2D eigenvalue weighted by molar-refractivity contribution is 5.32. The number of hydrogen-bond donors (Lipinski definition) is 0. The Morgan fingerprint density at radius 3 is 2.50 bits per heavy atom. The van der Waals surface area contributed by atoms with Crippen LogP contribution in [0.2, 0.25) is 0 Å². The van der Waals surface area contributed by atoms with Crippen LogP contribution in [0, 0.1) is 11.8 Å². The number of fused-ring (bicyclic) bond motifs is 1. The van der Waals surface area contributed by atoms with Crippen molar-refractivity contribution >= 4 is 5.78 Å². The van der Waals surface area contributed by atoms with E-state index in [0.29, 0.717) is 11.8 Å². The zero-order valence-electron chi connectivity index (χ0n) is 15.0.